The zero-order valence-corrected chi connectivity index (χ0v) is 38.2. The maximum absolute atomic E-state index is 12.2. The largest absolute Gasteiger partial charge is 0.507 e. The van der Waals surface area contributed by atoms with Crippen LogP contribution in [-0.4, -0.2) is 19.6 Å². The van der Waals surface area contributed by atoms with Crippen molar-refractivity contribution in [3.05, 3.63) is 167 Å². The number of aromatic nitrogens is 3. The summed E-state index contributed by atoms with van der Waals surface area (Å²) in [5.74, 6) is 0.474. The number of aryl methyl sites for hydroxylation is 1. The molecule has 0 atom stereocenters. The van der Waals surface area contributed by atoms with Crippen molar-refractivity contribution in [2.75, 3.05) is 0 Å². The molecule has 0 unspecified atom stereocenters. The van der Waals surface area contributed by atoms with Gasteiger partial charge >= 0.3 is 0 Å². The smallest absolute Gasteiger partial charge is 0.148 e. The molecule has 0 aliphatic rings. The monoisotopic (exact) mass is 1010 g/mol. The van der Waals surface area contributed by atoms with Crippen LogP contribution >= 0.6 is 0 Å². The third kappa shape index (κ3) is 8.73. The SMILES string of the molecule is [2H]C([2H])([2H])c1cc(-c2ccccc2)ccc1-n1c(-c2cc(C(C)C)cc(C(C)C)c2O)nc2c(-c3[c-]c(-c4cc(-c5ccc(C(C([2H])([2H])[2H])(C([2H])([2H])[2H])C([2H])([2H])[2H])cc5)ccn4)cc(C(C)(C)C)c3)cccc21.[Pt]. The van der Waals surface area contributed by atoms with Gasteiger partial charge in [0.15, 0.2) is 0 Å². The number of pyridine rings is 1. The van der Waals surface area contributed by atoms with Crippen LogP contribution in [0.4, 0.5) is 0 Å². The first kappa shape index (κ1) is 31.3. The molecule has 2 aromatic heterocycles. The fraction of sp³-hybridized carbons (Fsp3) is 0.263. The molecular weight excluding hydrogens is 938 g/mol. The van der Waals surface area contributed by atoms with Crippen LogP contribution in [0.25, 0.3) is 72.7 Å². The summed E-state index contributed by atoms with van der Waals surface area (Å²) in [6.07, 6.45) is 1.62. The Kier molecular flexibility index (Phi) is 8.73. The molecule has 8 rings (SSSR count). The number of imidazole rings is 1. The van der Waals surface area contributed by atoms with Crippen molar-refractivity contribution < 1.29 is 42.6 Å². The van der Waals surface area contributed by atoms with Gasteiger partial charge in [-0.3, -0.25) is 9.55 Å². The molecule has 0 fully saturated rings. The summed E-state index contributed by atoms with van der Waals surface area (Å²) in [4.78, 5) is 10.2. The number of nitrogens with zero attached hydrogens (tertiary/aromatic N) is 3. The number of aromatic hydroxyl groups is 1. The number of phenolic OH excluding ortho intramolecular Hbond substituents is 1. The second kappa shape index (κ2) is 17.3. The van der Waals surface area contributed by atoms with Crippen molar-refractivity contribution >= 4 is 11.0 Å². The van der Waals surface area contributed by atoms with Crippen LogP contribution in [0.5, 0.6) is 5.75 Å². The minimum atomic E-state index is -3.39. The van der Waals surface area contributed by atoms with E-state index in [9.17, 15) is 5.11 Å². The zero-order valence-electron chi connectivity index (χ0n) is 48.0. The fourth-order valence-electron chi connectivity index (χ4n) is 7.86. The molecule has 62 heavy (non-hydrogen) atoms. The fourth-order valence-corrected chi connectivity index (χ4v) is 7.86. The molecular formula is C57H58N3OPt-. The Balaban J connectivity index is 0.00000800. The van der Waals surface area contributed by atoms with E-state index < -0.39 is 32.8 Å². The Morgan fingerprint density at radius 2 is 1.34 bits per heavy atom. The van der Waals surface area contributed by atoms with Crippen LogP contribution in [0, 0.1) is 12.9 Å². The average molecular weight is 1010 g/mol. The molecule has 0 saturated heterocycles. The second-order valence-electron chi connectivity index (χ2n) is 17.6. The standard InChI is InChI=1S/C57H58N3O.Pt/c1-35(2)42-32-48(36(3)4)54(61)49(33-42)55-59-53-47(18-15-19-52(53)60(55)51-25-22-40(28-37(51)5)38-16-13-12-14-17-38)43-29-44(31-46(30-43)57(9,10)11)50-34-41(26-27-58-50)39-20-23-45(24-21-39)56(6,7)8;/h12-28,30-36,61H,1-11H3;/q-1;/i5D3,6D3,7D3,8D3;. The molecule has 5 heteroatoms. The normalized spacial score (nSPS) is 15.7. The van der Waals surface area contributed by atoms with Gasteiger partial charge in [0, 0.05) is 49.4 Å². The molecule has 1 N–H and O–H groups in total. The number of hydrogen-bond donors (Lipinski definition) is 1. The van der Waals surface area contributed by atoms with Crippen molar-refractivity contribution in [1.29, 1.82) is 0 Å². The summed E-state index contributed by atoms with van der Waals surface area (Å²) in [5.41, 5.74) is 6.28. The molecule has 318 valence electrons. The van der Waals surface area contributed by atoms with Crippen LogP contribution < -0.4 is 0 Å². The van der Waals surface area contributed by atoms with E-state index >= 15 is 0 Å². The Morgan fingerprint density at radius 1 is 0.645 bits per heavy atom. The molecule has 2 heterocycles. The van der Waals surface area contributed by atoms with Crippen LogP contribution in [0.1, 0.15) is 125 Å². The van der Waals surface area contributed by atoms with Crippen molar-refractivity contribution in [2.45, 2.75) is 98.5 Å². The molecule has 0 saturated carbocycles. The molecule has 0 bridgehead atoms. The van der Waals surface area contributed by atoms with Crippen molar-refractivity contribution in [3.63, 3.8) is 0 Å². The minimum absolute atomic E-state index is 0. The van der Waals surface area contributed by atoms with Gasteiger partial charge in [-0.05, 0) is 104 Å². The van der Waals surface area contributed by atoms with Crippen LogP contribution in [-0.2, 0) is 31.9 Å². The molecule has 0 amide bonds. The van der Waals surface area contributed by atoms with Gasteiger partial charge < -0.3 is 5.11 Å². The van der Waals surface area contributed by atoms with Gasteiger partial charge in [0.1, 0.15) is 11.6 Å². The average Bonchev–Trinajstić information content (AvgIpc) is 3.69. The van der Waals surface area contributed by atoms with E-state index in [4.69, 9.17) is 26.4 Å². The number of phenols is 1. The third-order valence-corrected chi connectivity index (χ3v) is 11.4. The predicted molar refractivity (Wildman–Crippen MR) is 257 cm³/mol. The Labute approximate surface area is 400 Å². The van der Waals surface area contributed by atoms with E-state index in [1.165, 1.54) is 24.3 Å². The Hall–Kier alpha value is -5.57. The van der Waals surface area contributed by atoms with Gasteiger partial charge in [-0.2, -0.15) is 0 Å². The molecule has 6 aromatic carbocycles. The van der Waals surface area contributed by atoms with Gasteiger partial charge in [-0.1, -0.05) is 165 Å². The summed E-state index contributed by atoms with van der Waals surface area (Å²) in [6, 6.07) is 41.6. The van der Waals surface area contributed by atoms with Gasteiger partial charge in [0.2, 0.25) is 0 Å². The van der Waals surface area contributed by atoms with Gasteiger partial charge in [0.05, 0.1) is 22.3 Å². The van der Waals surface area contributed by atoms with E-state index in [-0.39, 0.29) is 55.2 Å². The summed E-state index contributed by atoms with van der Waals surface area (Å²) in [5, 5.41) is 12.2. The maximum Gasteiger partial charge on any atom is 0.148 e. The number of hydrogen-bond acceptors (Lipinski definition) is 3. The van der Waals surface area contributed by atoms with Crippen molar-refractivity contribution in [1.82, 2.24) is 14.5 Å². The summed E-state index contributed by atoms with van der Waals surface area (Å²) in [7, 11) is 0. The van der Waals surface area contributed by atoms with E-state index in [1.54, 1.807) is 18.3 Å². The molecule has 0 aliphatic heterocycles. The van der Waals surface area contributed by atoms with E-state index in [1.807, 2.05) is 103 Å². The van der Waals surface area contributed by atoms with Crippen LogP contribution in [0.2, 0.25) is 0 Å². The van der Waals surface area contributed by atoms with Crippen LogP contribution in [0.3, 0.4) is 0 Å². The summed E-state index contributed by atoms with van der Waals surface area (Å²) >= 11 is 0. The van der Waals surface area contributed by atoms with Gasteiger partial charge in [-0.15, -0.1) is 29.3 Å². The van der Waals surface area contributed by atoms with E-state index in [2.05, 4.69) is 46.8 Å². The number of rotatable bonds is 8. The molecule has 0 spiro atoms. The quantitative estimate of drug-likeness (QED) is 0.154. The van der Waals surface area contributed by atoms with Gasteiger partial charge in [0.25, 0.3) is 0 Å². The van der Waals surface area contributed by atoms with Gasteiger partial charge in [-0.25, -0.2) is 4.98 Å². The Morgan fingerprint density at radius 3 is 2.02 bits per heavy atom. The van der Waals surface area contributed by atoms with Crippen molar-refractivity contribution in [2.24, 2.45) is 0 Å². The third-order valence-electron chi connectivity index (χ3n) is 11.4. The number of fused-ring (bicyclic) bond motifs is 1. The maximum atomic E-state index is 12.2. The van der Waals surface area contributed by atoms with Crippen molar-refractivity contribution in [3.8, 4) is 67.5 Å². The van der Waals surface area contributed by atoms with E-state index in [0.717, 1.165) is 27.8 Å². The molecule has 8 aromatic rings. The second-order valence-corrected chi connectivity index (χ2v) is 17.6. The molecule has 4 nitrogen and oxygen atoms in total. The minimum Gasteiger partial charge on any atom is -0.507 e. The summed E-state index contributed by atoms with van der Waals surface area (Å²) in [6.45, 7) is 1.78. The molecule has 0 radical (unpaired) electrons. The first-order valence-electron chi connectivity index (χ1n) is 26.7. The zero-order chi connectivity index (χ0) is 53.4. The Bertz CT molecular complexity index is 3310. The first-order chi connectivity index (χ1) is 33.9. The number of para-hydroxylation sites is 1. The number of benzene rings is 6. The van der Waals surface area contributed by atoms with E-state index in [0.29, 0.717) is 61.6 Å². The molecule has 0 aliphatic carbocycles. The first-order valence-corrected chi connectivity index (χ1v) is 20.7. The van der Waals surface area contributed by atoms with Crippen LogP contribution in [0.15, 0.2) is 134 Å². The summed E-state index contributed by atoms with van der Waals surface area (Å²) < 4.78 is 102. The topological polar surface area (TPSA) is 50.9 Å². The predicted octanol–water partition coefficient (Wildman–Crippen LogP) is 15.4.